The summed E-state index contributed by atoms with van der Waals surface area (Å²) in [6.45, 7) is 0. The predicted molar refractivity (Wildman–Crippen MR) is 161 cm³/mol. The Labute approximate surface area is 231 Å². The number of para-hydroxylation sites is 2. The molecule has 5 aromatic carbocycles. The number of nitro benzene ring substituents is 1. The first-order valence-electron chi connectivity index (χ1n) is 12.1. The standard InChI is InChI=1S/C30H20N4O3S2/c35-29(32-25-11-5-6-12-27(25)34(36)37)18-38-30-33-26-14-13-21(16-28(26)39-30)31-17-24-22-9-3-1-7-19(22)15-20-8-2-4-10-23(20)24/h1-17H,18H2,(H,32,35). The van der Waals surface area contributed by atoms with Crippen LogP contribution in [0.4, 0.5) is 17.1 Å². The van der Waals surface area contributed by atoms with E-state index in [2.05, 4.69) is 40.6 Å². The van der Waals surface area contributed by atoms with Gasteiger partial charge < -0.3 is 5.32 Å². The van der Waals surface area contributed by atoms with E-state index in [1.807, 2.05) is 48.7 Å². The minimum absolute atomic E-state index is 0.0883. The van der Waals surface area contributed by atoms with Crippen molar-refractivity contribution >= 4 is 84.0 Å². The molecule has 6 rings (SSSR count). The number of anilines is 1. The van der Waals surface area contributed by atoms with Gasteiger partial charge >= 0.3 is 0 Å². The zero-order valence-electron chi connectivity index (χ0n) is 20.4. The van der Waals surface area contributed by atoms with Gasteiger partial charge in [0.05, 0.1) is 26.6 Å². The molecule has 190 valence electrons. The first-order chi connectivity index (χ1) is 19.0. The fourth-order valence-electron chi connectivity index (χ4n) is 4.41. The van der Waals surface area contributed by atoms with Gasteiger partial charge in [-0.15, -0.1) is 11.3 Å². The van der Waals surface area contributed by atoms with Crippen molar-refractivity contribution in [3.8, 4) is 0 Å². The van der Waals surface area contributed by atoms with Gasteiger partial charge in [0, 0.05) is 17.8 Å². The third-order valence-electron chi connectivity index (χ3n) is 6.21. The number of aromatic nitrogens is 1. The molecule has 7 nitrogen and oxygen atoms in total. The molecule has 0 aliphatic carbocycles. The van der Waals surface area contributed by atoms with Crippen molar-refractivity contribution in [2.45, 2.75) is 4.34 Å². The number of thioether (sulfide) groups is 1. The Morgan fingerprint density at radius 3 is 2.38 bits per heavy atom. The number of carbonyl (C=O) groups is 1. The van der Waals surface area contributed by atoms with E-state index in [1.54, 1.807) is 12.1 Å². The van der Waals surface area contributed by atoms with Gasteiger partial charge in [-0.25, -0.2) is 4.98 Å². The zero-order chi connectivity index (χ0) is 26.8. The summed E-state index contributed by atoms with van der Waals surface area (Å²) >= 11 is 2.78. The van der Waals surface area contributed by atoms with Gasteiger partial charge in [-0.3, -0.25) is 19.9 Å². The fraction of sp³-hybridized carbons (Fsp3) is 0.0333. The molecule has 1 aromatic heterocycles. The van der Waals surface area contributed by atoms with E-state index < -0.39 is 4.92 Å². The average Bonchev–Trinajstić information content (AvgIpc) is 3.36. The van der Waals surface area contributed by atoms with Gasteiger partial charge in [0.15, 0.2) is 4.34 Å². The molecule has 0 spiro atoms. The number of nitro groups is 1. The minimum Gasteiger partial charge on any atom is -0.320 e. The Morgan fingerprint density at radius 1 is 0.949 bits per heavy atom. The summed E-state index contributed by atoms with van der Waals surface area (Å²) in [7, 11) is 0. The van der Waals surface area contributed by atoms with Crippen LogP contribution in [0.5, 0.6) is 0 Å². The van der Waals surface area contributed by atoms with E-state index in [0.717, 1.165) is 36.6 Å². The topological polar surface area (TPSA) is 97.5 Å². The van der Waals surface area contributed by atoms with Gasteiger partial charge in [-0.1, -0.05) is 72.4 Å². The van der Waals surface area contributed by atoms with Gasteiger partial charge in [-0.05, 0) is 51.9 Å². The first kappa shape index (κ1) is 24.7. The Bertz CT molecular complexity index is 1860. The molecule has 39 heavy (non-hydrogen) atoms. The number of carbonyl (C=O) groups excluding carboxylic acids is 1. The predicted octanol–water partition coefficient (Wildman–Crippen LogP) is 7.99. The highest BCUT2D eigenvalue weighted by Gasteiger charge is 2.15. The molecule has 1 amide bonds. The van der Waals surface area contributed by atoms with Gasteiger partial charge in [0.2, 0.25) is 5.91 Å². The van der Waals surface area contributed by atoms with E-state index in [9.17, 15) is 14.9 Å². The summed E-state index contributed by atoms with van der Waals surface area (Å²) in [5.41, 5.74) is 2.76. The summed E-state index contributed by atoms with van der Waals surface area (Å²) in [6.07, 6.45) is 1.93. The van der Waals surface area contributed by atoms with Crippen LogP contribution in [0.1, 0.15) is 5.56 Å². The van der Waals surface area contributed by atoms with E-state index >= 15 is 0 Å². The number of thiazole rings is 1. The molecular formula is C30H20N4O3S2. The van der Waals surface area contributed by atoms with Crippen LogP contribution < -0.4 is 5.32 Å². The monoisotopic (exact) mass is 548 g/mol. The molecule has 0 fully saturated rings. The van der Waals surface area contributed by atoms with Crippen molar-refractivity contribution < 1.29 is 9.72 Å². The highest BCUT2D eigenvalue weighted by molar-refractivity contribution is 8.01. The van der Waals surface area contributed by atoms with Crippen LogP contribution in [0.3, 0.4) is 0 Å². The lowest BCUT2D eigenvalue weighted by atomic mass is 9.97. The molecule has 0 aliphatic rings. The Balaban J connectivity index is 1.21. The molecule has 6 aromatic rings. The smallest absolute Gasteiger partial charge is 0.292 e. The number of benzene rings is 5. The number of fused-ring (bicyclic) bond motifs is 3. The van der Waals surface area contributed by atoms with Crippen molar-refractivity contribution in [1.29, 1.82) is 0 Å². The van der Waals surface area contributed by atoms with Crippen LogP contribution in [0.2, 0.25) is 0 Å². The molecule has 9 heteroatoms. The van der Waals surface area contributed by atoms with Crippen LogP contribution >= 0.6 is 23.1 Å². The summed E-state index contributed by atoms with van der Waals surface area (Å²) in [5.74, 6) is -0.244. The molecular weight excluding hydrogens is 528 g/mol. The maximum absolute atomic E-state index is 12.4. The summed E-state index contributed by atoms with van der Waals surface area (Å²) in [6, 6.07) is 30.8. The van der Waals surface area contributed by atoms with Crippen molar-refractivity contribution in [1.82, 2.24) is 4.98 Å². The second kappa shape index (κ2) is 10.6. The maximum atomic E-state index is 12.4. The Morgan fingerprint density at radius 2 is 1.64 bits per heavy atom. The Hall–Kier alpha value is -4.60. The number of nitrogens with zero attached hydrogens (tertiary/aromatic N) is 3. The lowest BCUT2D eigenvalue weighted by Crippen LogP contribution is -2.15. The van der Waals surface area contributed by atoms with E-state index in [-0.39, 0.29) is 23.0 Å². The molecule has 0 radical (unpaired) electrons. The second-order valence-electron chi connectivity index (χ2n) is 8.73. The van der Waals surface area contributed by atoms with Crippen molar-refractivity contribution in [2.24, 2.45) is 4.99 Å². The third-order valence-corrected chi connectivity index (χ3v) is 8.37. The van der Waals surface area contributed by atoms with Crippen LogP contribution in [0.15, 0.2) is 106 Å². The maximum Gasteiger partial charge on any atom is 0.292 e. The number of nitrogens with one attached hydrogen (secondary N) is 1. The molecule has 1 N–H and O–H groups in total. The van der Waals surface area contributed by atoms with Crippen LogP contribution in [-0.2, 0) is 4.79 Å². The summed E-state index contributed by atoms with van der Waals surface area (Å²) in [5, 5.41) is 18.4. The van der Waals surface area contributed by atoms with Gasteiger partial charge in [0.1, 0.15) is 5.69 Å². The van der Waals surface area contributed by atoms with Gasteiger partial charge in [-0.2, -0.15) is 0 Å². The van der Waals surface area contributed by atoms with Crippen molar-refractivity contribution in [2.75, 3.05) is 11.1 Å². The normalized spacial score (nSPS) is 11.5. The molecule has 0 bridgehead atoms. The summed E-state index contributed by atoms with van der Waals surface area (Å²) < 4.78 is 1.71. The number of amides is 1. The zero-order valence-corrected chi connectivity index (χ0v) is 22.0. The van der Waals surface area contributed by atoms with Crippen LogP contribution in [0, 0.1) is 10.1 Å². The number of hydrogen-bond acceptors (Lipinski definition) is 7. The highest BCUT2D eigenvalue weighted by Crippen LogP contribution is 2.33. The van der Waals surface area contributed by atoms with E-state index in [0.29, 0.717) is 0 Å². The SMILES string of the molecule is O=C(CSc1nc2ccc(N=Cc3c4ccccc4cc4ccccc34)cc2s1)Nc1ccccc1[N+](=O)[O-]. The van der Waals surface area contributed by atoms with Crippen LogP contribution in [-0.4, -0.2) is 27.8 Å². The lowest BCUT2D eigenvalue weighted by Gasteiger charge is -2.07. The van der Waals surface area contributed by atoms with Crippen molar-refractivity contribution in [3.63, 3.8) is 0 Å². The number of hydrogen-bond donors (Lipinski definition) is 1. The fourth-order valence-corrected chi connectivity index (χ4v) is 6.31. The molecule has 1 heterocycles. The number of rotatable bonds is 7. The molecule has 0 saturated heterocycles. The van der Waals surface area contributed by atoms with Crippen LogP contribution in [0.25, 0.3) is 31.8 Å². The minimum atomic E-state index is -0.515. The third kappa shape index (κ3) is 5.22. The second-order valence-corrected chi connectivity index (χ2v) is 11.0. The lowest BCUT2D eigenvalue weighted by molar-refractivity contribution is -0.383. The van der Waals surface area contributed by atoms with Crippen molar-refractivity contribution in [3.05, 3.63) is 113 Å². The molecule has 0 saturated carbocycles. The first-order valence-corrected chi connectivity index (χ1v) is 13.9. The summed E-state index contributed by atoms with van der Waals surface area (Å²) in [4.78, 5) is 32.5. The largest absolute Gasteiger partial charge is 0.320 e. The van der Waals surface area contributed by atoms with Gasteiger partial charge in [0.25, 0.3) is 5.69 Å². The van der Waals surface area contributed by atoms with E-state index in [4.69, 9.17) is 4.99 Å². The number of aliphatic imine (C=N–C) groups is 1. The highest BCUT2D eigenvalue weighted by atomic mass is 32.2. The average molecular weight is 549 g/mol. The quantitative estimate of drug-likeness (QED) is 0.0717. The molecule has 0 atom stereocenters. The van der Waals surface area contributed by atoms with E-state index in [1.165, 1.54) is 46.0 Å². The molecule has 0 aliphatic heterocycles. The molecule has 0 unspecified atom stereocenters. The Kier molecular flexibility index (Phi) is 6.75.